The first-order valence-corrected chi connectivity index (χ1v) is 4.83. The summed E-state index contributed by atoms with van der Waals surface area (Å²) in [6, 6.07) is 2.71. The lowest BCUT2D eigenvalue weighted by molar-refractivity contribution is 0.0599. The van der Waals surface area contributed by atoms with E-state index >= 15 is 0 Å². The van der Waals surface area contributed by atoms with Gasteiger partial charge in [-0.1, -0.05) is 6.08 Å². The number of esters is 1. The smallest absolute Gasteiger partial charge is 0.338 e. The Bertz CT molecular complexity index is 558. The second-order valence-electron chi connectivity index (χ2n) is 3.34. The molecule has 1 aliphatic heterocycles. The van der Waals surface area contributed by atoms with Gasteiger partial charge in [0.2, 0.25) is 0 Å². The van der Waals surface area contributed by atoms with Crippen LogP contribution in [0.15, 0.2) is 12.1 Å². The fourth-order valence-electron chi connectivity index (χ4n) is 1.64. The van der Waals surface area contributed by atoms with E-state index in [0.29, 0.717) is 5.56 Å². The first-order chi connectivity index (χ1) is 8.19. The molecule has 0 saturated heterocycles. The lowest BCUT2D eigenvalue weighted by atomic mass is 10.00. The minimum atomic E-state index is -0.790. The number of benzene rings is 1. The van der Waals surface area contributed by atoms with Crippen molar-refractivity contribution in [2.45, 2.75) is 0 Å². The lowest BCUT2D eigenvalue weighted by Gasteiger charge is -2.16. The van der Waals surface area contributed by atoms with Gasteiger partial charge in [0.15, 0.2) is 0 Å². The topological polar surface area (TPSA) is 59.3 Å². The summed E-state index contributed by atoms with van der Waals surface area (Å²) in [5.74, 6) is -1.36. The summed E-state index contributed by atoms with van der Waals surface area (Å²) in [5.41, 5.74) is 0.230. The highest BCUT2D eigenvalue weighted by Gasteiger charge is 2.23. The van der Waals surface area contributed by atoms with Gasteiger partial charge in [0, 0.05) is 5.56 Å². The molecule has 0 unspecified atom stereocenters. The van der Waals surface area contributed by atoms with E-state index in [2.05, 4.69) is 4.74 Å². The summed E-state index contributed by atoms with van der Waals surface area (Å²) in [6.45, 7) is 0.242. The van der Waals surface area contributed by atoms with Crippen LogP contribution in [0.25, 0.3) is 6.08 Å². The molecule has 1 aromatic rings. The molecule has 0 radical (unpaired) electrons. The maximum Gasteiger partial charge on any atom is 0.338 e. The lowest BCUT2D eigenvalue weighted by Crippen LogP contribution is -2.11. The van der Waals surface area contributed by atoms with Crippen LogP contribution in [-0.2, 0) is 4.74 Å². The molecule has 0 saturated carbocycles. The van der Waals surface area contributed by atoms with E-state index in [4.69, 9.17) is 10.00 Å². The SMILES string of the molecule is COC(=O)c1cc(F)c(C#N)c2c1C=CCO2. The van der Waals surface area contributed by atoms with Gasteiger partial charge in [0.05, 0.1) is 12.7 Å². The Balaban J connectivity index is 2.73. The van der Waals surface area contributed by atoms with Gasteiger partial charge in [0.1, 0.15) is 29.8 Å². The van der Waals surface area contributed by atoms with Crippen LogP contribution in [0.3, 0.4) is 0 Å². The number of carbonyl (C=O) groups excluding carboxylic acids is 1. The van der Waals surface area contributed by atoms with Crippen molar-refractivity contribution >= 4 is 12.0 Å². The summed E-state index contributed by atoms with van der Waals surface area (Å²) in [5, 5.41) is 8.85. The van der Waals surface area contributed by atoms with Gasteiger partial charge in [-0.3, -0.25) is 0 Å². The number of carbonyl (C=O) groups is 1. The summed E-state index contributed by atoms with van der Waals surface area (Å²) < 4.78 is 23.4. The van der Waals surface area contributed by atoms with E-state index in [0.717, 1.165) is 6.07 Å². The van der Waals surface area contributed by atoms with E-state index < -0.39 is 11.8 Å². The van der Waals surface area contributed by atoms with Gasteiger partial charge in [-0.25, -0.2) is 9.18 Å². The third-order valence-electron chi connectivity index (χ3n) is 2.40. The molecule has 1 aromatic carbocycles. The van der Waals surface area contributed by atoms with E-state index in [9.17, 15) is 9.18 Å². The first-order valence-electron chi connectivity index (χ1n) is 4.83. The van der Waals surface area contributed by atoms with Gasteiger partial charge >= 0.3 is 5.97 Å². The Morgan fingerprint density at radius 2 is 2.41 bits per heavy atom. The summed E-state index contributed by atoms with van der Waals surface area (Å²) in [7, 11) is 1.21. The molecule has 17 heavy (non-hydrogen) atoms. The van der Waals surface area contributed by atoms with Crippen LogP contribution in [0, 0.1) is 17.1 Å². The molecule has 0 aromatic heterocycles. The summed E-state index contributed by atoms with van der Waals surface area (Å²) in [4.78, 5) is 11.5. The average molecular weight is 233 g/mol. The molecule has 0 aliphatic carbocycles. The number of hydrogen-bond acceptors (Lipinski definition) is 4. The zero-order valence-electron chi connectivity index (χ0n) is 8.99. The highest BCUT2D eigenvalue weighted by molar-refractivity contribution is 5.95. The Labute approximate surface area is 96.9 Å². The Hall–Kier alpha value is -2.35. The van der Waals surface area contributed by atoms with Crippen molar-refractivity contribution in [2.24, 2.45) is 0 Å². The highest BCUT2D eigenvalue weighted by Crippen LogP contribution is 2.33. The molecule has 4 nitrogen and oxygen atoms in total. The average Bonchev–Trinajstić information content (AvgIpc) is 2.37. The predicted molar refractivity (Wildman–Crippen MR) is 57.0 cm³/mol. The zero-order valence-corrected chi connectivity index (χ0v) is 8.99. The normalized spacial score (nSPS) is 12.3. The Morgan fingerprint density at radius 3 is 3.06 bits per heavy atom. The molecule has 0 spiro atoms. The number of hydrogen-bond donors (Lipinski definition) is 0. The molecule has 0 amide bonds. The van der Waals surface area contributed by atoms with Gasteiger partial charge in [-0.15, -0.1) is 0 Å². The van der Waals surface area contributed by atoms with Crippen molar-refractivity contribution in [3.8, 4) is 11.8 Å². The van der Waals surface area contributed by atoms with Gasteiger partial charge in [-0.05, 0) is 12.1 Å². The molecular weight excluding hydrogens is 225 g/mol. The molecule has 0 fully saturated rings. The minimum Gasteiger partial charge on any atom is -0.487 e. The van der Waals surface area contributed by atoms with E-state index in [1.54, 1.807) is 18.2 Å². The standard InChI is InChI=1S/C12H8FNO3/c1-16-12(15)8-5-10(13)9(6-14)11-7(8)3-2-4-17-11/h2-3,5H,4H2,1H3. The molecule has 5 heteroatoms. The highest BCUT2D eigenvalue weighted by atomic mass is 19.1. The Morgan fingerprint density at radius 1 is 1.65 bits per heavy atom. The summed E-state index contributed by atoms with van der Waals surface area (Å²) in [6.07, 6.45) is 3.29. The van der Waals surface area contributed by atoms with Crippen molar-refractivity contribution in [2.75, 3.05) is 13.7 Å². The van der Waals surface area contributed by atoms with Crippen LogP contribution in [0.1, 0.15) is 21.5 Å². The Kier molecular flexibility index (Phi) is 2.79. The summed E-state index contributed by atoms with van der Waals surface area (Å²) >= 11 is 0. The van der Waals surface area contributed by atoms with Crippen LogP contribution >= 0.6 is 0 Å². The number of ether oxygens (including phenoxy) is 2. The third kappa shape index (κ3) is 1.74. The van der Waals surface area contributed by atoms with E-state index in [1.807, 2.05) is 0 Å². The van der Waals surface area contributed by atoms with Gasteiger partial charge < -0.3 is 9.47 Å². The molecule has 0 N–H and O–H groups in total. The zero-order chi connectivity index (χ0) is 12.4. The maximum absolute atomic E-state index is 13.6. The molecular formula is C12H8FNO3. The number of nitriles is 1. The molecule has 0 atom stereocenters. The fourth-order valence-corrected chi connectivity index (χ4v) is 1.64. The fraction of sp³-hybridized carbons (Fsp3) is 0.167. The van der Waals surface area contributed by atoms with Crippen molar-refractivity contribution < 1.29 is 18.7 Å². The minimum absolute atomic E-state index is 0.0509. The van der Waals surface area contributed by atoms with Crippen LogP contribution < -0.4 is 4.74 Å². The predicted octanol–water partition coefficient (Wildman–Crippen LogP) is 1.89. The van der Waals surface area contributed by atoms with Crippen molar-refractivity contribution in [1.82, 2.24) is 0 Å². The van der Waals surface area contributed by atoms with Crippen LogP contribution in [0.4, 0.5) is 4.39 Å². The van der Waals surface area contributed by atoms with Crippen LogP contribution in [-0.4, -0.2) is 19.7 Å². The third-order valence-corrected chi connectivity index (χ3v) is 2.40. The number of rotatable bonds is 1. The number of halogens is 1. The molecule has 0 bridgehead atoms. The van der Waals surface area contributed by atoms with Crippen molar-refractivity contribution in [3.05, 3.63) is 34.6 Å². The van der Waals surface area contributed by atoms with Crippen molar-refractivity contribution in [1.29, 1.82) is 5.26 Å². The van der Waals surface area contributed by atoms with Crippen LogP contribution in [0.2, 0.25) is 0 Å². The number of methoxy groups -OCH3 is 1. The van der Waals surface area contributed by atoms with Gasteiger partial charge in [0.25, 0.3) is 0 Å². The molecule has 1 heterocycles. The largest absolute Gasteiger partial charge is 0.487 e. The quantitative estimate of drug-likeness (QED) is 0.695. The van der Waals surface area contributed by atoms with E-state index in [1.165, 1.54) is 7.11 Å². The van der Waals surface area contributed by atoms with Crippen molar-refractivity contribution in [3.63, 3.8) is 0 Å². The van der Waals surface area contributed by atoms with E-state index in [-0.39, 0.29) is 23.5 Å². The molecule has 86 valence electrons. The van der Waals surface area contributed by atoms with Gasteiger partial charge in [-0.2, -0.15) is 5.26 Å². The molecule has 2 rings (SSSR count). The van der Waals surface area contributed by atoms with Crippen LogP contribution in [0.5, 0.6) is 5.75 Å². The number of fused-ring (bicyclic) bond motifs is 1. The second kappa shape index (κ2) is 4.26. The first kappa shape index (κ1) is 11.1. The second-order valence-corrected chi connectivity index (χ2v) is 3.34. The molecule has 1 aliphatic rings. The number of nitrogens with zero attached hydrogens (tertiary/aromatic N) is 1. The monoisotopic (exact) mass is 233 g/mol. The maximum atomic E-state index is 13.6.